The van der Waals surface area contributed by atoms with E-state index in [1.165, 1.54) is 0 Å². The molecule has 2 aromatic rings. The van der Waals surface area contributed by atoms with Crippen LogP contribution in [0.5, 0.6) is 16.7 Å². The molecule has 2 rings (SSSR count). The fraction of sp³-hybridized carbons (Fsp3) is 0.0909. The van der Waals surface area contributed by atoms with Gasteiger partial charge in [-0.15, -0.1) is 0 Å². The zero-order chi connectivity index (χ0) is 12.3. The van der Waals surface area contributed by atoms with Crippen molar-refractivity contribution < 1.29 is 14.3 Å². The first-order valence-corrected chi connectivity index (χ1v) is 5.86. The summed E-state index contributed by atoms with van der Waals surface area (Å²) in [5.41, 5.74) is 0. The maximum absolute atomic E-state index is 10.6. The van der Waals surface area contributed by atoms with Crippen molar-refractivity contribution in [2.45, 2.75) is 0 Å². The van der Waals surface area contributed by atoms with Crippen molar-refractivity contribution in [3.05, 3.63) is 34.3 Å². The molecule has 0 spiro atoms. The maximum Gasteiger partial charge on any atom is 0.280 e. The van der Waals surface area contributed by atoms with E-state index in [2.05, 4.69) is 4.98 Å². The van der Waals surface area contributed by atoms with Crippen LogP contribution in [0.2, 0.25) is 5.15 Å². The van der Waals surface area contributed by atoms with Gasteiger partial charge in [0.25, 0.3) is 5.19 Å². The van der Waals surface area contributed by atoms with Gasteiger partial charge in [-0.2, -0.15) is 4.98 Å². The molecule has 17 heavy (non-hydrogen) atoms. The number of rotatable bonds is 4. The lowest BCUT2D eigenvalue weighted by Gasteiger charge is -2.03. The summed E-state index contributed by atoms with van der Waals surface area (Å²) in [6.07, 6.45) is 0.651. The topological polar surface area (TPSA) is 48.4 Å². The third kappa shape index (κ3) is 2.75. The van der Waals surface area contributed by atoms with Crippen LogP contribution in [-0.4, -0.2) is 18.4 Å². The minimum atomic E-state index is 0.155. The Bertz CT molecular complexity index is 541. The lowest BCUT2D eigenvalue weighted by atomic mass is 10.3. The van der Waals surface area contributed by atoms with Gasteiger partial charge in [0.1, 0.15) is 16.4 Å². The summed E-state index contributed by atoms with van der Waals surface area (Å²) in [5, 5.41) is 0.480. The zero-order valence-corrected chi connectivity index (χ0v) is 10.4. The van der Waals surface area contributed by atoms with Gasteiger partial charge in [-0.05, 0) is 12.1 Å². The molecule has 0 aliphatic rings. The normalized spacial score (nSPS) is 10.0. The molecule has 1 heterocycles. The van der Waals surface area contributed by atoms with Crippen LogP contribution < -0.4 is 9.47 Å². The van der Waals surface area contributed by atoms with Gasteiger partial charge >= 0.3 is 0 Å². The molecule has 0 aliphatic heterocycles. The molecule has 4 nitrogen and oxygen atoms in total. The van der Waals surface area contributed by atoms with E-state index >= 15 is 0 Å². The lowest BCUT2D eigenvalue weighted by molar-refractivity contribution is 0.112. The Morgan fingerprint density at radius 1 is 1.41 bits per heavy atom. The molecule has 0 aliphatic carbocycles. The monoisotopic (exact) mass is 269 g/mol. The molecule has 0 unspecified atom stereocenters. The van der Waals surface area contributed by atoms with E-state index in [0.29, 0.717) is 27.9 Å². The number of carbonyl (C=O) groups excluding carboxylic acids is 1. The van der Waals surface area contributed by atoms with Crippen LogP contribution in [-0.2, 0) is 0 Å². The standard InChI is InChI=1S/C11H8ClNO3S/c1-15-7-3-2-4-8(5-7)16-11-13-10(12)9(6-14)17-11/h2-6H,1H3. The fourth-order valence-electron chi connectivity index (χ4n) is 1.18. The van der Waals surface area contributed by atoms with E-state index < -0.39 is 0 Å². The minimum absolute atomic E-state index is 0.155. The van der Waals surface area contributed by atoms with Crippen molar-refractivity contribution in [2.75, 3.05) is 7.11 Å². The molecule has 0 amide bonds. The summed E-state index contributed by atoms with van der Waals surface area (Å²) < 4.78 is 10.5. The number of ether oxygens (including phenoxy) is 2. The van der Waals surface area contributed by atoms with Gasteiger partial charge in [0.15, 0.2) is 11.4 Å². The molecule has 0 radical (unpaired) electrons. The second kappa shape index (κ2) is 5.16. The van der Waals surface area contributed by atoms with Gasteiger partial charge in [0, 0.05) is 6.07 Å². The highest BCUT2D eigenvalue weighted by Crippen LogP contribution is 2.31. The van der Waals surface area contributed by atoms with Gasteiger partial charge < -0.3 is 9.47 Å². The van der Waals surface area contributed by atoms with Crippen molar-refractivity contribution in [2.24, 2.45) is 0 Å². The fourth-order valence-corrected chi connectivity index (χ4v) is 2.10. The Labute approximate surface area is 107 Å². The van der Waals surface area contributed by atoms with E-state index in [9.17, 15) is 4.79 Å². The van der Waals surface area contributed by atoms with E-state index in [0.717, 1.165) is 11.3 Å². The van der Waals surface area contributed by atoms with Gasteiger partial charge in [0.2, 0.25) is 0 Å². The number of thiazole rings is 1. The quantitative estimate of drug-likeness (QED) is 0.798. The Kier molecular flexibility index (Phi) is 3.61. The Morgan fingerprint density at radius 2 is 2.18 bits per heavy atom. The molecule has 6 heteroatoms. The molecule has 0 bridgehead atoms. The van der Waals surface area contributed by atoms with Crippen LogP contribution in [0.3, 0.4) is 0 Å². The number of nitrogens with zero attached hydrogens (tertiary/aromatic N) is 1. The van der Waals surface area contributed by atoms with Crippen LogP contribution in [0.4, 0.5) is 0 Å². The number of carbonyl (C=O) groups is 1. The molecule has 0 atom stereocenters. The number of halogens is 1. The summed E-state index contributed by atoms with van der Waals surface area (Å²) in [6, 6.07) is 7.08. The molecule has 1 aromatic carbocycles. The zero-order valence-electron chi connectivity index (χ0n) is 8.84. The number of hydrogen-bond donors (Lipinski definition) is 0. The number of benzene rings is 1. The van der Waals surface area contributed by atoms with Crippen LogP contribution in [0.1, 0.15) is 9.67 Å². The number of methoxy groups -OCH3 is 1. The highest BCUT2D eigenvalue weighted by atomic mass is 35.5. The molecule has 0 N–H and O–H groups in total. The molecule has 0 saturated heterocycles. The van der Waals surface area contributed by atoms with Crippen LogP contribution in [0.25, 0.3) is 0 Å². The minimum Gasteiger partial charge on any atom is -0.497 e. The number of hydrogen-bond acceptors (Lipinski definition) is 5. The first kappa shape index (κ1) is 11.9. The molecular formula is C11H8ClNO3S. The summed E-state index contributed by atoms with van der Waals surface area (Å²) >= 11 is 6.83. The Morgan fingerprint density at radius 3 is 2.82 bits per heavy atom. The van der Waals surface area contributed by atoms with E-state index in [4.69, 9.17) is 21.1 Å². The van der Waals surface area contributed by atoms with Crippen LogP contribution in [0, 0.1) is 0 Å². The molecule has 1 aromatic heterocycles. The number of aromatic nitrogens is 1. The molecular weight excluding hydrogens is 262 g/mol. The SMILES string of the molecule is COc1cccc(Oc2nc(Cl)c(C=O)s2)c1. The van der Waals surface area contributed by atoms with Gasteiger partial charge in [-0.25, -0.2) is 0 Å². The third-order valence-electron chi connectivity index (χ3n) is 1.94. The van der Waals surface area contributed by atoms with Crippen molar-refractivity contribution >= 4 is 29.2 Å². The number of aldehydes is 1. The maximum atomic E-state index is 10.6. The van der Waals surface area contributed by atoms with Gasteiger partial charge in [-0.3, -0.25) is 4.79 Å². The van der Waals surface area contributed by atoms with Crippen molar-refractivity contribution in [1.82, 2.24) is 4.98 Å². The van der Waals surface area contributed by atoms with Crippen molar-refractivity contribution in [3.8, 4) is 16.7 Å². The van der Waals surface area contributed by atoms with E-state index in [1.54, 1.807) is 31.4 Å². The average Bonchev–Trinajstić information content (AvgIpc) is 2.69. The first-order valence-electron chi connectivity index (χ1n) is 4.66. The van der Waals surface area contributed by atoms with E-state index in [1.807, 2.05) is 0 Å². The third-order valence-corrected chi connectivity index (χ3v) is 3.20. The molecule has 0 fully saturated rings. The molecule has 0 saturated carbocycles. The lowest BCUT2D eigenvalue weighted by Crippen LogP contribution is -1.85. The van der Waals surface area contributed by atoms with E-state index in [-0.39, 0.29) is 5.15 Å². The Balaban J connectivity index is 2.21. The smallest absolute Gasteiger partial charge is 0.280 e. The first-order chi connectivity index (χ1) is 8.22. The average molecular weight is 270 g/mol. The molecule has 88 valence electrons. The van der Waals surface area contributed by atoms with Crippen LogP contribution >= 0.6 is 22.9 Å². The predicted molar refractivity (Wildman–Crippen MR) is 65.6 cm³/mol. The van der Waals surface area contributed by atoms with Crippen LogP contribution in [0.15, 0.2) is 24.3 Å². The van der Waals surface area contributed by atoms with Crippen molar-refractivity contribution in [1.29, 1.82) is 0 Å². The summed E-state index contributed by atoms with van der Waals surface area (Å²) in [4.78, 5) is 14.9. The second-order valence-electron chi connectivity index (χ2n) is 3.03. The summed E-state index contributed by atoms with van der Waals surface area (Å²) in [6.45, 7) is 0. The largest absolute Gasteiger partial charge is 0.497 e. The van der Waals surface area contributed by atoms with Crippen molar-refractivity contribution in [3.63, 3.8) is 0 Å². The van der Waals surface area contributed by atoms with Gasteiger partial charge in [-0.1, -0.05) is 29.0 Å². The summed E-state index contributed by atoms with van der Waals surface area (Å²) in [5.74, 6) is 1.26. The predicted octanol–water partition coefficient (Wildman–Crippen LogP) is 3.41. The van der Waals surface area contributed by atoms with Gasteiger partial charge in [0.05, 0.1) is 7.11 Å². The Hall–Kier alpha value is -1.59. The highest BCUT2D eigenvalue weighted by Gasteiger charge is 2.10. The summed E-state index contributed by atoms with van der Waals surface area (Å²) in [7, 11) is 1.57. The highest BCUT2D eigenvalue weighted by molar-refractivity contribution is 7.15. The second-order valence-corrected chi connectivity index (χ2v) is 4.38.